The van der Waals surface area contributed by atoms with Crippen molar-refractivity contribution in [3.05, 3.63) is 17.5 Å². The van der Waals surface area contributed by atoms with Gasteiger partial charge in [0.15, 0.2) is 0 Å². The van der Waals surface area contributed by atoms with Gasteiger partial charge in [0.1, 0.15) is 0 Å². The molecule has 0 radical (unpaired) electrons. The fraction of sp³-hybridized carbons (Fsp3) is 0.444. The Morgan fingerprint density at radius 1 is 1.57 bits per heavy atom. The van der Waals surface area contributed by atoms with Crippen molar-refractivity contribution in [1.82, 2.24) is 9.97 Å². The topological polar surface area (TPSA) is 72.3 Å². The number of nitrogens with zero attached hydrogens (tertiary/aromatic N) is 2. The average molecular weight is 196 g/mol. The summed E-state index contributed by atoms with van der Waals surface area (Å²) in [7, 11) is 1.45. The van der Waals surface area contributed by atoms with Crippen LogP contribution in [0.25, 0.3) is 0 Å². The predicted octanol–water partition coefficient (Wildman–Crippen LogP) is 0.982. The van der Waals surface area contributed by atoms with Crippen molar-refractivity contribution in [1.29, 1.82) is 0 Å². The van der Waals surface area contributed by atoms with E-state index in [1.807, 2.05) is 0 Å². The van der Waals surface area contributed by atoms with Crippen LogP contribution >= 0.6 is 0 Å². The molecule has 1 atom stereocenters. The summed E-state index contributed by atoms with van der Waals surface area (Å²) >= 11 is 0. The molecule has 5 heteroatoms. The van der Waals surface area contributed by atoms with Gasteiger partial charge in [-0.25, -0.2) is 4.98 Å². The molecule has 0 aliphatic carbocycles. The van der Waals surface area contributed by atoms with E-state index < -0.39 is 11.9 Å². The van der Waals surface area contributed by atoms with Gasteiger partial charge in [-0.1, -0.05) is 0 Å². The molecule has 76 valence electrons. The molecule has 1 aromatic rings. The highest BCUT2D eigenvalue weighted by Gasteiger charge is 2.16. The molecule has 0 saturated carbocycles. The smallest absolute Gasteiger partial charge is 0.316 e. The molecule has 1 heterocycles. The maximum absolute atomic E-state index is 10.7. The zero-order chi connectivity index (χ0) is 10.7. The predicted molar refractivity (Wildman–Crippen MR) is 49.4 cm³/mol. The quantitative estimate of drug-likeness (QED) is 0.780. The Bertz CT molecular complexity index is 352. The highest BCUT2D eigenvalue weighted by Crippen LogP contribution is 2.16. The molecule has 5 nitrogen and oxygen atoms in total. The second-order valence-corrected chi connectivity index (χ2v) is 2.98. The van der Waals surface area contributed by atoms with Gasteiger partial charge < -0.3 is 9.84 Å². The third kappa shape index (κ3) is 2.18. The molecular weight excluding hydrogens is 184 g/mol. The molecule has 0 bridgehead atoms. The third-order valence-corrected chi connectivity index (χ3v) is 1.85. The van der Waals surface area contributed by atoms with Crippen LogP contribution in [0.1, 0.15) is 24.2 Å². The normalized spacial score (nSPS) is 12.2. The van der Waals surface area contributed by atoms with Crippen LogP contribution in [0.4, 0.5) is 0 Å². The second-order valence-electron chi connectivity index (χ2n) is 2.98. The van der Waals surface area contributed by atoms with Crippen molar-refractivity contribution in [3.8, 4) is 6.01 Å². The fourth-order valence-corrected chi connectivity index (χ4v) is 1.00. The Kier molecular flexibility index (Phi) is 3.01. The zero-order valence-corrected chi connectivity index (χ0v) is 8.31. The SMILES string of the molecule is COc1nc(C)cc(C(C)C(=O)O)n1. The van der Waals surface area contributed by atoms with E-state index in [4.69, 9.17) is 9.84 Å². The first-order valence-electron chi connectivity index (χ1n) is 4.17. The van der Waals surface area contributed by atoms with Crippen LogP contribution in [-0.4, -0.2) is 28.2 Å². The summed E-state index contributed by atoms with van der Waals surface area (Å²) in [6.45, 7) is 3.34. The number of ether oxygens (including phenoxy) is 1. The maximum atomic E-state index is 10.7. The zero-order valence-electron chi connectivity index (χ0n) is 8.31. The van der Waals surface area contributed by atoms with Crippen LogP contribution in [0, 0.1) is 6.92 Å². The minimum atomic E-state index is -0.912. The number of hydrogen-bond acceptors (Lipinski definition) is 4. The fourth-order valence-electron chi connectivity index (χ4n) is 1.00. The van der Waals surface area contributed by atoms with Gasteiger partial charge in [-0.2, -0.15) is 4.98 Å². The van der Waals surface area contributed by atoms with E-state index in [0.717, 1.165) is 0 Å². The maximum Gasteiger partial charge on any atom is 0.316 e. The Labute approximate surface area is 81.8 Å². The van der Waals surface area contributed by atoms with Crippen LogP contribution in [0.15, 0.2) is 6.07 Å². The number of carbonyl (C=O) groups is 1. The molecule has 0 fully saturated rings. The first-order valence-corrected chi connectivity index (χ1v) is 4.17. The number of carboxylic acids is 1. The first kappa shape index (κ1) is 10.4. The lowest BCUT2D eigenvalue weighted by molar-refractivity contribution is -0.138. The van der Waals surface area contributed by atoms with Crippen molar-refractivity contribution in [2.24, 2.45) is 0 Å². The molecule has 0 aromatic carbocycles. The van der Waals surface area contributed by atoms with Crippen LogP contribution in [-0.2, 0) is 4.79 Å². The molecule has 0 aliphatic rings. The lowest BCUT2D eigenvalue weighted by atomic mass is 10.1. The summed E-state index contributed by atoms with van der Waals surface area (Å²) in [5.41, 5.74) is 1.15. The number of rotatable bonds is 3. The summed E-state index contributed by atoms with van der Waals surface area (Å²) in [5, 5.41) is 8.79. The molecule has 0 amide bonds. The molecule has 1 N–H and O–H groups in total. The highest BCUT2D eigenvalue weighted by atomic mass is 16.5. The number of aromatic nitrogens is 2. The standard InChI is InChI=1S/C9H12N2O3/c1-5-4-7(6(2)8(12)13)11-9(10-5)14-3/h4,6H,1-3H3,(H,12,13). The number of methoxy groups -OCH3 is 1. The van der Waals surface area contributed by atoms with E-state index in [2.05, 4.69) is 9.97 Å². The van der Waals surface area contributed by atoms with Gasteiger partial charge in [0.05, 0.1) is 18.7 Å². The van der Waals surface area contributed by atoms with E-state index in [-0.39, 0.29) is 6.01 Å². The summed E-state index contributed by atoms with van der Waals surface area (Å²) in [5.74, 6) is -1.56. The number of aliphatic carboxylic acids is 1. The lowest BCUT2D eigenvalue weighted by Gasteiger charge is -2.07. The molecule has 0 aliphatic heterocycles. The summed E-state index contributed by atoms with van der Waals surface area (Å²) in [6.07, 6.45) is 0. The van der Waals surface area contributed by atoms with Gasteiger partial charge in [-0.15, -0.1) is 0 Å². The molecule has 1 unspecified atom stereocenters. The summed E-state index contributed by atoms with van der Waals surface area (Å²) in [6, 6.07) is 1.84. The molecular formula is C9H12N2O3. The molecule has 1 aromatic heterocycles. The number of hydrogen-bond donors (Lipinski definition) is 1. The van der Waals surface area contributed by atoms with Gasteiger partial charge >= 0.3 is 12.0 Å². The summed E-state index contributed by atoms with van der Waals surface area (Å²) < 4.78 is 4.85. The van der Waals surface area contributed by atoms with Crippen molar-refractivity contribution < 1.29 is 14.6 Å². The Hall–Kier alpha value is -1.65. The molecule has 14 heavy (non-hydrogen) atoms. The van der Waals surface area contributed by atoms with Crippen LogP contribution in [0.5, 0.6) is 6.01 Å². The average Bonchev–Trinajstić information content (AvgIpc) is 2.15. The van der Waals surface area contributed by atoms with E-state index in [9.17, 15) is 4.79 Å². The van der Waals surface area contributed by atoms with E-state index >= 15 is 0 Å². The highest BCUT2D eigenvalue weighted by molar-refractivity contribution is 5.74. The minimum absolute atomic E-state index is 0.202. The first-order chi connectivity index (χ1) is 6.54. The summed E-state index contributed by atoms with van der Waals surface area (Å²) in [4.78, 5) is 18.6. The van der Waals surface area contributed by atoms with Crippen molar-refractivity contribution >= 4 is 5.97 Å². The Morgan fingerprint density at radius 3 is 2.71 bits per heavy atom. The Morgan fingerprint density at radius 2 is 2.21 bits per heavy atom. The van der Waals surface area contributed by atoms with E-state index in [0.29, 0.717) is 11.4 Å². The van der Waals surface area contributed by atoms with Crippen LogP contribution in [0.2, 0.25) is 0 Å². The Balaban J connectivity index is 3.08. The van der Waals surface area contributed by atoms with Crippen molar-refractivity contribution in [2.75, 3.05) is 7.11 Å². The van der Waals surface area contributed by atoms with Gasteiger partial charge in [0.25, 0.3) is 0 Å². The van der Waals surface area contributed by atoms with Crippen LogP contribution < -0.4 is 4.74 Å². The van der Waals surface area contributed by atoms with Crippen molar-refractivity contribution in [2.45, 2.75) is 19.8 Å². The second kappa shape index (κ2) is 4.04. The largest absolute Gasteiger partial charge is 0.481 e. The number of carboxylic acid groups (broad SMARTS) is 1. The van der Waals surface area contributed by atoms with E-state index in [1.54, 1.807) is 19.9 Å². The number of aryl methyl sites for hydroxylation is 1. The van der Waals surface area contributed by atoms with Crippen molar-refractivity contribution in [3.63, 3.8) is 0 Å². The van der Waals surface area contributed by atoms with Gasteiger partial charge in [-0.05, 0) is 19.9 Å². The molecule has 0 spiro atoms. The van der Waals surface area contributed by atoms with Crippen LogP contribution in [0.3, 0.4) is 0 Å². The van der Waals surface area contributed by atoms with E-state index in [1.165, 1.54) is 7.11 Å². The lowest BCUT2D eigenvalue weighted by Crippen LogP contribution is -2.10. The van der Waals surface area contributed by atoms with Gasteiger partial charge in [-0.3, -0.25) is 4.79 Å². The minimum Gasteiger partial charge on any atom is -0.481 e. The van der Waals surface area contributed by atoms with Gasteiger partial charge in [0.2, 0.25) is 0 Å². The monoisotopic (exact) mass is 196 g/mol. The molecule has 0 saturated heterocycles. The van der Waals surface area contributed by atoms with Gasteiger partial charge in [0, 0.05) is 5.69 Å². The molecule has 1 rings (SSSR count). The third-order valence-electron chi connectivity index (χ3n) is 1.85.